The Morgan fingerprint density at radius 3 is 2.89 bits per heavy atom. The molecule has 0 radical (unpaired) electrons. The molecule has 0 aliphatic carbocycles. The van der Waals surface area contributed by atoms with Crippen LogP contribution in [0.3, 0.4) is 0 Å². The fraction of sp³-hybridized carbons (Fsp3) is 0.933. The van der Waals surface area contributed by atoms with Crippen molar-refractivity contribution in [1.29, 1.82) is 0 Å². The van der Waals surface area contributed by atoms with Crippen molar-refractivity contribution in [3.63, 3.8) is 0 Å². The third kappa shape index (κ3) is 3.93. The van der Waals surface area contributed by atoms with E-state index >= 15 is 0 Å². The van der Waals surface area contributed by atoms with E-state index in [1.54, 1.807) is 0 Å². The first-order valence-corrected chi connectivity index (χ1v) is 7.79. The van der Waals surface area contributed by atoms with Gasteiger partial charge in [0.05, 0.1) is 0 Å². The molecule has 19 heavy (non-hydrogen) atoms. The molecule has 0 bridgehead atoms. The minimum atomic E-state index is 0.254. The Labute approximate surface area is 116 Å². The molecule has 3 atom stereocenters. The number of nitrogens with two attached hydrogens (primary N) is 1. The molecule has 2 aliphatic rings. The van der Waals surface area contributed by atoms with E-state index in [4.69, 9.17) is 10.5 Å². The summed E-state index contributed by atoms with van der Waals surface area (Å²) in [5.74, 6) is 1.42. The van der Waals surface area contributed by atoms with Gasteiger partial charge < -0.3 is 15.4 Å². The minimum Gasteiger partial charge on any atom is -0.381 e. The molecule has 2 rings (SSSR count). The highest BCUT2D eigenvalue weighted by Gasteiger charge is 2.30. The van der Waals surface area contributed by atoms with Gasteiger partial charge in [0.15, 0.2) is 0 Å². The number of carbonyl (C=O) groups is 1. The maximum atomic E-state index is 12.4. The average molecular weight is 268 g/mol. The Bertz CT molecular complexity index is 290. The number of carbonyl (C=O) groups excluding carboxylic acids is 1. The van der Waals surface area contributed by atoms with Gasteiger partial charge in [-0.25, -0.2) is 0 Å². The average Bonchev–Trinajstić information content (AvgIpc) is 2.45. The van der Waals surface area contributed by atoms with Crippen LogP contribution < -0.4 is 5.73 Å². The maximum absolute atomic E-state index is 12.4. The summed E-state index contributed by atoms with van der Waals surface area (Å²) in [6.07, 6.45) is 6.31. The summed E-state index contributed by atoms with van der Waals surface area (Å²) in [5, 5.41) is 0. The molecule has 2 N–H and O–H groups in total. The van der Waals surface area contributed by atoms with Gasteiger partial charge in [-0.1, -0.05) is 6.92 Å². The van der Waals surface area contributed by atoms with Crippen LogP contribution >= 0.6 is 0 Å². The lowest BCUT2D eigenvalue weighted by Crippen LogP contribution is -2.51. The lowest BCUT2D eigenvalue weighted by atomic mass is 9.90. The largest absolute Gasteiger partial charge is 0.381 e. The topological polar surface area (TPSA) is 55.6 Å². The highest BCUT2D eigenvalue weighted by molar-refractivity contribution is 5.76. The molecule has 2 heterocycles. The van der Waals surface area contributed by atoms with Crippen LogP contribution in [-0.4, -0.2) is 43.2 Å². The van der Waals surface area contributed by atoms with Crippen molar-refractivity contribution >= 4 is 5.91 Å². The van der Waals surface area contributed by atoms with E-state index in [1.165, 1.54) is 12.8 Å². The Kier molecular flexibility index (Phi) is 5.64. The van der Waals surface area contributed by atoms with Crippen LogP contribution in [-0.2, 0) is 9.53 Å². The molecular weight excluding hydrogens is 240 g/mol. The predicted molar refractivity (Wildman–Crippen MR) is 75.7 cm³/mol. The van der Waals surface area contributed by atoms with Crippen molar-refractivity contribution in [2.45, 2.75) is 51.5 Å². The smallest absolute Gasteiger partial charge is 0.222 e. The Hall–Kier alpha value is -0.610. The van der Waals surface area contributed by atoms with Gasteiger partial charge in [-0.05, 0) is 43.9 Å². The Morgan fingerprint density at radius 2 is 2.21 bits per heavy atom. The van der Waals surface area contributed by atoms with Crippen LogP contribution in [0, 0.1) is 11.8 Å². The molecule has 0 aromatic heterocycles. The van der Waals surface area contributed by atoms with Gasteiger partial charge in [-0.15, -0.1) is 0 Å². The molecule has 0 unspecified atom stereocenters. The molecule has 4 nitrogen and oxygen atoms in total. The highest BCUT2D eigenvalue weighted by Crippen LogP contribution is 2.25. The van der Waals surface area contributed by atoms with Gasteiger partial charge in [0, 0.05) is 38.8 Å². The molecule has 2 aliphatic heterocycles. The van der Waals surface area contributed by atoms with E-state index in [2.05, 4.69) is 6.92 Å². The van der Waals surface area contributed by atoms with Crippen LogP contribution in [0.5, 0.6) is 0 Å². The quantitative estimate of drug-likeness (QED) is 0.845. The lowest BCUT2D eigenvalue weighted by Gasteiger charge is -2.39. The monoisotopic (exact) mass is 268 g/mol. The third-order valence-corrected chi connectivity index (χ3v) is 4.70. The molecule has 0 aromatic rings. The van der Waals surface area contributed by atoms with Gasteiger partial charge >= 0.3 is 0 Å². The zero-order valence-corrected chi connectivity index (χ0v) is 12.1. The van der Waals surface area contributed by atoms with Crippen molar-refractivity contribution < 1.29 is 9.53 Å². The van der Waals surface area contributed by atoms with E-state index in [-0.39, 0.29) is 6.04 Å². The van der Waals surface area contributed by atoms with Crippen LogP contribution in [0.4, 0.5) is 0 Å². The molecule has 0 saturated carbocycles. The van der Waals surface area contributed by atoms with Crippen LogP contribution in [0.2, 0.25) is 0 Å². The van der Waals surface area contributed by atoms with Crippen molar-refractivity contribution in [3.8, 4) is 0 Å². The Morgan fingerprint density at radius 1 is 1.37 bits per heavy atom. The highest BCUT2D eigenvalue weighted by atomic mass is 16.5. The van der Waals surface area contributed by atoms with Gasteiger partial charge in [0.1, 0.15) is 0 Å². The summed E-state index contributed by atoms with van der Waals surface area (Å²) in [7, 11) is 0. The molecule has 4 heteroatoms. The van der Waals surface area contributed by atoms with Crippen LogP contribution in [0.25, 0.3) is 0 Å². The summed E-state index contributed by atoms with van der Waals surface area (Å²) in [6.45, 7) is 5.44. The summed E-state index contributed by atoms with van der Waals surface area (Å²) in [4.78, 5) is 14.4. The standard InChI is InChI=1S/C15H28N2O2/c1-12-4-2-8-17(14(12)10-16)15(18)7-6-13-5-3-9-19-11-13/h12-14H,2-11,16H2,1H3/t12-,13+,14+/m1/s1. The number of likely N-dealkylation sites (tertiary alicyclic amines) is 1. The zero-order valence-electron chi connectivity index (χ0n) is 12.1. The van der Waals surface area contributed by atoms with Gasteiger partial charge in [-0.2, -0.15) is 0 Å². The second-order valence-corrected chi connectivity index (χ2v) is 6.13. The number of rotatable bonds is 4. The first-order valence-electron chi connectivity index (χ1n) is 7.79. The van der Waals surface area contributed by atoms with Gasteiger partial charge in [0.25, 0.3) is 0 Å². The molecule has 0 spiro atoms. The molecule has 1 amide bonds. The fourth-order valence-corrected chi connectivity index (χ4v) is 3.42. The number of ether oxygens (including phenoxy) is 1. The fourth-order valence-electron chi connectivity index (χ4n) is 3.42. The van der Waals surface area contributed by atoms with E-state index in [1.807, 2.05) is 4.90 Å². The number of piperidine rings is 1. The zero-order chi connectivity index (χ0) is 13.7. The van der Waals surface area contributed by atoms with Crippen molar-refractivity contribution in [1.82, 2.24) is 4.90 Å². The maximum Gasteiger partial charge on any atom is 0.222 e. The third-order valence-electron chi connectivity index (χ3n) is 4.70. The Balaban J connectivity index is 1.80. The van der Waals surface area contributed by atoms with Gasteiger partial charge in [0.2, 0.25) is 5.91 Å². The van der Waals surface area contributed by atoms with E-state index in [9.17, 15) is 4.79 Å². The van der Waals surface area contributed by atoms with Crippen molar-refractivity contribution in [2.24, 2.45) is 17.6 Å². The second kappa shape index (κ2) is 7.25. The summed E-state index contributed by atoms with van der Waals surface area (Å²) >= 11 is 0. The lowest BCUT2D eigenvalue weighted by molar-refractivity contribution is -0.136. The number of nitrogens with zero attached hydrogens (tertiary/aromatic N) is 1. The molecule has 110 valence electrons. The van der Waals surface area contributed by atoms with Crippen molar-refractivity contribution in [2.75, 3.05) is 26.3 Å². The summed E-state index contributed by atoms with van der Waals surface area (Å²) < 4.78 is 5.47. The predicted octanol–water partition coefficient (Wildman–Crippen LogP) is 1.78. The van der Waals surface area contributed by atoms with Crippen molar-refractivity contribution in [3.05, 3.63) is 0 Å². The SMILES string of the molecule is C[C@@H]1CCCN(C(=O)CC[C@@H]2CCCOC2)[C@H]1CN. The first kappa shape index (κ1) is 14.8. The van der Waals surface area contributed by atoms with E-state index in [0.717, 1.165) is 39.0 Å². The molecule has 0 aromatic carbocycles. The normalized spacial score (nSPS) is 32.3. The first-order chi connectivity index (χ1) is 9.22. The van der Waals surface area contributed by atoms with E-state index in [0.29, 0.717) is 30.7 Å². The van der Waals surface area contributed by atoms with Crippen LogP contribution in [0.1, 0.15) is 45.4 Å². The number of hydrogen-bond acceptors (Lipinski definition) is 3. The number of hydrogen-bond donors (Lipinski definition) is 1. The minimum absolute atomic E-state index is 0.254. The summed E-state index contributed by atoms with van der Waals surface area (Å²) in [5.41, 5.74) is 5.85. The molecule has 2 saturated heterocycles. The molecular formula is C15H28N2O2. The van der Waals surface area contributed by atoms with E-state index < -0.39 is 0 Å². The van der Waals surface area contributed by atoms with Gasteiger partial charge in [-0.3, -0.25) is 4.79 Å². The molecule has 2 fully saturated rings. The summed E-state index contributed by atoms with van der Waals surface area (Å²) in [6, 6.07) is 0.254. The number of amides is 1. The van der Waals surface area contributed by atoms with Crippen LogP contribution in [0.15, 0.2) is 0 Å². The second-order valence-electron chi connectivity index (χ2n) is 6.13.